The van der Waals surface area contributed by atoms with Crippen molar-refractivity contribution in [1.82, 2.24) is 41.2 Å². The largest absolute Gasteiger partial charge is 0.385 e. The summed E-state index contributed by atoms with van der Waals surface area (Å²) in [4.78, 5) is 68.8. The zero-order valence-corrected chi connectivity index (χ0v) is 77.3. The van der Waals surface area contributed by atoms with E-state index in [2.05, 4.69) is 118 Å². The Bertz CT molecular complexity index is 4730. The molecule has 0 saturated carbocycles. The van der Waals surface area contributed by atoms with Gasteiger partial charge in [-0.25, -0.2) is 0 Å². The smallest absolute Gasteiger partial charge is 0.143 e. The molecule has 8 N–H and O–H groups in total. The van der Waals surface area contributed by atoms with E-state index < -0.39 is 0 Å². The minimum absolute atomic E-state index is 0.00110. The predicted molar refractivity (Wildman–Crippen MR) is 507 cm³/mol. The van der Waals surface area contributed by atoms with Crippen LogP contribution in [0.5, 0.6) is 0 Å². The number of nitrogens with zero attached hydrogens (tertiary/aromatic N) is 4. The Balaban J connectivity index is 0.000000145. The first-order chi connectivity index (χ1) is 61.7. The number of carbonyl (C=O) groups is 4. The van der Waals surface area contributed by atoms with E-state index in [9.17, 15) is 19.2 Å². The lowest BCUT2D eigenvalue weighted by molar-refractivity contribution is -0.177. The molecule has 0 unspecified atom stereocenters. The number of Topliss-reactive ketones (excluding diaryl/α,β-unsaturated/α-hetero) is 4. The van der Waals surface area contributed by atoms with E-state index in [-0.39, 0.29) is 76.1 Å². The van der Waals surface area contributed by atoms with Crippen molar-refractivity contribution in [3.63, 3.8) is 0 Å². The van der Waals surface area contributed by atoms with Crippen LogP contribution in [0.2, 0.25) is 20.1 Å². The molecule has 4 aromatic carbocycles. The van der Waals surface area contributed by atoms with Gasteiger partial charge in [0, 0.05) is 261 Å². The van der Waals surface area contributed by atoms with Crippen LogP contribution in [-0.2, 0) is 78.0 Å². The molecule has 4 aromatic heterocycles. The summed E-state index contributed by atoms with van der Waals surface area (Å²) in [6, 6.07) is 40.7. The van der Waals surface area contributed by atoms with Gasteiger partial charge >= 0.3 is 0 Å². The zero-order valence-electron chi connectivity index (χ0n) is 74.3. The van der Waals surface area contributed by atoms with Crippen molar-refractivity contribution < 1.29 is 52.3 Å². The van der Waals surface area contributed by atoms with Crippen molar-refractivity contribution in [2.45, 2.75) is 147 Å². The second kappa shape index (κ2) is 48.8. The van der Waals surface area contributed by atoms with Crippen LogP contribution in [0.25, 0.3) is 44.5 Å². The number of carbonyl (C=O) groups excluding carboxylic acids is 4. The van der Waals surface area contributed by atoms with Gasteiger partial charge in [-0.1, -0.05) is 102 Å². The van der Waals surface area contributed by atoms with Crippen LogP contribution in [0, 0.1) is 40.9 Å². The normalized spacial score (nSPS) is 21.9. The van der Waals surface area contributed by atoms with E-state index in [0.29, 0.717) is 90.5 Å². The topological polar surface area (TPSA) is 281 Å². The Labute approximate surface area is 769 Å². The summed E-state index contributed by atoms with van der Waals surface area (Å²) in [5.41, 5.74) is 14.8. The van der Waals surface area contributed by atoms with Crippen LogP contribution in [-0.4, -0.2) is 213 Å². The Hall–Kier alpha value is -7.92. The van der Waals surface area contributed by atoms with E-state index in [4.69, 9.17) is 79.6 Å². The number of rotatable bonds is 30. The van der Waals surface area contributed by atoms with Gasteiger partial charge < -0.3 is 75.7 Å². The molecule has 682 valence electrons. The third kappa shape index (κ3) is 29.8. The van der Waals surface area contributed by atoms with Gasteiger partial charge in [-0.3, -0.25) is 39.1 Å². The highest BCUT2D eigenvalue weighted by molar-refractivity contribution is 6.34. The van der Waals surface area contributed by atoms with Gasteiger partial charge in [0.2, 0.25) is 0 Å². The number of piperidine rings is 4. The fraction of sp³-hybridized carbons (Fsp3) is 0.520. The fourth-order valence-corrected chi connectivity index (χ4v) is 18.5. The van der Waals surface area contributed by atoms with Crippen molar-refractivity contribution in [2.75, 3.05) is 167 Å². The van der Waals surface area contributed by atoms with Crippen molar-refractivity contribution in [3.05, 3.63) is 189 Å². The number of benzene rings is 4. The van der Waals surface area contributed by atoms with E-state index in [0.717, 1.165) is 266 Å². The van der Waals surface area contributed by atoms with Gasteiger partial charge in [-0.2, -0.15) is 0 Å². The average Bonchev–Trinajstić information content (AvgIpc) is 0.829. The number of aromatic nitrogens is 4. The maximum absolute atomic E-state index is 12.9. The summed E-state index contributed by atoms with van der Waals surface area (Å²) < 4.78 is 39.0. The molecule has 8 saturated heterocycles. The summed E-state index contributed by atoms with van der Waals surface area (Å²) >= 11 is 26.0. The monoisotopic (exact) mass is 1810 g/mol. The van der Waals surface area contributed by atoms with Crippen molar-refractivity contribution in [2.24, 2.45) is 40.9 Å². The lowest BCUT2D eigenvalue weighted by atomic mass is 9.82. The maximum Gasteiger partial charge on any atom is 0.143 e. The second-order valence-corrected chi connectivity index (χ2v) is 37.7. The van der Waals surface area contributed by atoms with Crippen LogP contribution < -0.4 is 42.5 Å². The number of ether oxygens (including phenoxy) is 7. The molecule has 27 heteroatoms. The molecule has 0 aliphatic carbocycles. The molecular formula is C100H128Cl4N12O11. The van der Waals surface area contributed by atoms with Gasteiger partial charge in [0.25, 0.3) is 0 Å². The fourth-order valence-electron chi connectivity index (χ4n) is 17.7. The highest BCUT2D eigenvalue weighted by Crippen LogP contribution is 2.38. The molecule has 23 nitrogen and oxygen atoms in total. The quantitative estimate of drug-likeness (QED) is 0.0208. The Morgan fingerprint density at radius 2 is 0.764 bits per heavy atom. The number of anilines is 4. The molecule has 0 amide bonds. The number of hydrogen-bond acceptors (Lipinski definition) is 23. The molecule has 8 aliphatic rings. The molecule has 127 heavy (non-hydrogen) atoms. The van der Waals surface area contributed by atoms with E-state index in [1.807, 2.05) is 86.6 Å². The molecule has 12 heterocycles. The summed E-state index contributed by atoms with van der Waals surface area (Å²) in [7, 11) is 3.39. The first-order valence-electron chi connectivity index (χ1n) is 45.6. The van der Waals surface area contributed by atoms with Crippen LogP contribution in [0.15, 0.2) is 146 Å². The SMILES string of the molecule is CC1(C)COC[C@@H](CNc2cccc(-c3cc(CC(=O)[C@@H]4CCCNC4)ncc3Cl)c2)O1.CC1(CNc2cccc(-c3cc(CC(=O)[C@@H]4CCCNC4)ncc3Cl)c2)CCOCC1.CO[C@@H]1CNC[C@H](C(=O)Cc2cc(-c3cccc(NCC4CCOCC4)c3)c(Cl)cn2)C1.CO[C@H]1CNC[C@@H](C(=O)Cc2cc(-c3cccc(NCC4CCOCC4)c3)c(Cl)cn2)C1. The van der Waals surface area contributed by atoms with Crippen LogP contribution in [0.1, 0.15) is 121 Å². The molecule has 8 fully saturated rings. The van der Waals surface area contributed by atoms with E-state index in [1.165, 1.54) is 0 Å². The zero-order chi connectivity index (χ0) is 88.9. The second-order valence-electron chi connectivity index (χ2n) is 36.0. The summed E-state index contributed by atoms with van der Waals surface area (Å²) in [6.07, 6.45) is 20.2. The molecule has 0 spiro atoms. The number of nitrogens with one attached hydrogen (secondary N) is 8. The lowest BCUT2D eigenvalue weighted by Crippen LogP contribution is -2.45. The minimum Gasteiger partial charge on any atom is -0.385 e. The van der Waals surface area contributed by atoms with Gasteiger partial charge in [0.15, 0.2) is 0 Å². The highest BCUT2D eigenvalue weighted by atomic mass is 35.5. The Morgan fingerprint density at radius 1 is 0.417 bits per heavy atom. The Kier molecular flexibility index (Phi) is 37.1. The van der Waals surface area contributed by atoms with E-state index in [1.54, 1.807) is 39.0 Å². The average molecular weight is 1820 g/mol. The summed E-state index contributed by atoms with van der Waals surface area (Å²) in [5, 5.41) is 29.7. The van der Waals surface area contributed by atoms with Crippen molar-refractivity contribution >= 4 is 92.3 Å². The van der Waals surface area contributed by atoms with Crippen LogP contribution >= 0.6 is 46.4 Å². The maximum atomic E-state index is 12.9. The molecule has 0 radical (unpaired) electrons. The van der Waals surface area contributed by atoms with Gasteiger partial charge in [-0.15, -0.1) is 0 Å². The third-order valence-electron chi connectivity index (χ3n) is 25.5. The summed E-state index contributed by atoms with van der Waals surface area (Å²) in [5.74, 6) is 2.22. The minimum atomic E-state index is -0.265. The molecule has 16 rings (SSSR count). The standard InChI is InChI=1S/3C25H32ClN3O3.C25H32ClN3O2/c1-25(2)16-31-15-21(32-25)13-28-19-7-3-5-17(9-19)22-10-20(29-14-23(22)26)11-24(30)18-6-4-8-27-12-18;2*1-31-22-10-19(14-27-15-22)25(30)12-21-11-23(24(26)16-29-21)18-3-2-4-20(9-18)28-13-17-5-7-32-8-6-17;1-25(7-10-31-11-8-25)17-29-20-6-2-4-18(12-20)22-13-21(28-16-23(22)26)14-24(30)19-5-3-9-27-15-19/h3,5,7,9-10,14,18,21,27-28H,4,6,8,11-13,15-16H2,1-2H3;2*2-4,9,11,16-17,19,22,27-28H,5-8,10,12-15H2,1H3;2,4,6,12-13,16,19,27,29H,3,5,7-11,14-15,17H2,1H3/t18-,21-;2*19-,22+;19-/m1101/s1. The van der Waals surface area contributed by atoms with Gasteiger partial charge in [0.05, 0.1) is 57.2 Å². The predicted octanol–water partition coefficient (Wildman–Crippen LogP) is 16.8. The van der Waals surface area contributed by atoms with Crippen LogP contribution in [0.3, 0.4) is 0 Å². The number of halogens is 4. The first kappa shape index (κ1) is 96.6. The molecule has 8 aromatic rings. The number of hydrogen-bond donors (Lipinski definition) is 8. The molecule has 8 aliphatic heterocycles. The number of ketones is 4. The van der Waals surface area contributed by atoms with Gasteiger partial charge in [-0.05, 0) is 216 Å². The van der Waals surface area contributed by atoms with Crippen molar-refractivity contribution in [3.8, 4) is 44.5 Å². The Morgan fingerprint density at radius 3 is 1.12 bits per heavy atom. The summed E-state index contributed by atoms with van der Waals surface area (Å²) in [6.45, 7) is 22.6. The lowest BCUT2D eigenvalue weighted by Gasteiger charge is -2.36. The third-order valence-corrected chi connectivity index (χ3v) is 26.7. The van der Waals surface area contributed by atoms with Crippen molar-refractivity contribution in [1.29, 1.82) is 0 Å². The number of pyridine rings is 4. The molecular weight excluding hydrogens is 1690 g/mol. The highest BCUT2D eigenvalue weighted by Gasteiger charge is 2.33. The van der Waals surface area contributed by atoms with Gasteiger partial charge in [0.1, 0.15) is 23.1 Å². The first-order valence-corrected chi connectivity index (χ1v) is 47.1. The van der Waals surface area contributed by atoms with E-state index >= 15 is 0 Å². The molecule has 0 bridgehead atoms. The number of methoxy groups -OCH3 is 2. The van der Waals surface area contributed by atoms with Crippen LogP contribution in [0.4, 0.5) is 22.7 Å². The molecule has 7 atom stereocenters.